The standard InChI is InChI=1S/C11H11ClN2O5/c1-19-11(15)9(13-16)5-3-7-2-4-8(12)6-10(7)14(17)18/h2,4,6,16H,3,5H2,1H3. The summed E-state index contributed by atoms with van der Waals surface area (Å²) in [5.74, 6) is -0.779. The zero-order valence-corrected chi connectivity index (χ0v) is 10.8. The summed E-state index contributed by atoms with van der Waals surface area (Å²) in [6, 6.07) is 4.23. The molecule has 0 aliphatic carbocycles. The zero-order chi connectivity index (χ0) is 14.4. The van der Waals surface area contributed by atoms with Crippen molar-refractivity contribution in [2.75, 3.05) is 7.11 Å². The number of methoxy groups -OCH3 is 1. The van der Waals surface area contributed by atoms with Crippen LogP contribution in [0.2, 0.25) is 5.02 Å². The molecule has 1 rings (SSSR count). The van der Waals surface area contributed by atoms with Crippen LogP contribution < -0.4 is 0 Å². The minimum absolute atomic E-state index is 0.0195. The summed E-state index contributed by atoms with van der Waals surface area (Å²) in [6.07, 6.45) is 0.174. The van der Waals surface area contributed by atoms with E-state index >= 15 is 0 Å². The highest BCUT2D eigenvalue weighted by atomic mass is 35.5. The van der Waals surface area contributed by atoms with Crippen molar-refractivity contribution in [1.29, 1.82) is 0 Å². The van der Waals surface area contributed by atoms with Gasteiger partial charge in [-0.2, -0.15) is 0 Å². The van der Waals surface area contributed by atoms with Crippen LogP contribution in [0.25, 0.3) is 0 Å². The van der Waals surface area contributed by atoms with Gasteiger partial charge in [0.05, 0.1) is 12.0 Å². The third-order valence-corrected chi connectivity index (χ3v) is 2.65. The van der Waals surface area contributed by atoms with Gasteiger partial charge in [-0.1, -0.05) is 22.8 Å². The van der Waals surface area contributed by atoms with E-state index in [1.54, 1.807) is 0 Å². The van der Waals surface area contributed by atoms with Crippen LogP contribution in [0.15, 0.2) is 23.4 Å². The number of nitro benzene ring substituents is 1. The molecule has 1 N–H and O–H groups in total. The first-order valence-electron chi connectivity index (χ1n) is 5.21. The van der Waals surface area contributed by atoms with Crippen LogP contribution in [0.1, 0.15) is 12.0 Å². The molecule has 19 heavy (non-hydrogen) atoms. The Bertz CT molecular complexity index is 530. The first-order valence-corrected chi connectivity index (χ1v) is 5.59. The Morgan fingerprint density at radius 3 is 2.79 bits per heavy atom. The number of ether oxygens (including phenoxy) is 1. The summed E-state index contributed by atoms with van der Waals surface area (Å²) in [7, 11) is 1.15. The highest BCUT2D eigenvalue weighted by molar-refractivity contribution is 6.36. The maximum atomic E-state index is 11.2. The third-order valence-electron chi connectivity index (χ3n) is 2.42. The smallest absolute Gasteiger partial charge is 0.355 e. The van der Waals surface area contributed by atoms with E-state index in [4.69, 9.17) is 16.8 Å². The number of benzene rings is 1. The summed E-state index contributed by atoms with van der Waals surface area (Å²) >= 11 is 5.68. The molecular weight excluding hydrogens is 276 g/mol. The molecule has 7 nitrogen and oxygen atoms in total. The number of esters is 1. The van der Waals surface area contributed by atoms with E-state index in [9.17, 15) is 14.9 Å². The molecule has 1 aromatic rings. The maximum absolute atomic E-state index is 11.2. The largest absolute Gasteiger partial charge is 0.464 e. The van der Waals surface area contributed by atoms with Crippen LogP contribution in [-0.2, 0) is 16.0 Å². The average Bonchev–Trinajstić information content (AvgIpc) is 2.40. The number of carbonyl (C=O) groups excluding carboxylic acids is 1. The highest BCUT2D eigenvalue weighted by Crippen LogP contribution is 2.24. The predicted octanol–water partition coefficient (Wildman–Crippen LogP) is 2.18. The van der Waals surface area contributed by atoms with Gasteiger partial charge in [-0.3, -0.25) is 10.1 Å². The molecule has 0 aliphatic heterocycles. The number of oxime groups is 1. The Kier molecular flexibility index (Phi) is 5.25. The Morgan fingerprint density at radius 1 is 1.58 bits per heavy atom. The molecule has 0 saturated heterocycles. The topological polar surface area (TPSA) is 102 Å². The lowest BCUT2D eigenvalue weighted by Gasteiger charge is -2.04. The van der Waals surface area contributed by atoms with E-state index in [1.807, 2.05) is 0 Å². The fraction of sp³-hybridized carbons (Fsp3) is 0.273. The maximum Gasteiger partial charge on any atom is 0.355 e. The highest BCUT2D eigenvalue weighted by Gasteiger charge is 2.18. The molecule has 0 heterocycles. The molecule has 0 spiro atoms. The van der Waals surface area contributed by atoms with Crippen molar-refractivity contribution in [2.24, 2.45) is 5.16 Å². The number of carbonyl (C=O) groups is 1. The van der Waals surface area contributed by atoms with Crippen molar-refractivity contribution in [1.82, 2.24) is 0 Å². The molecule has 8 heteroatoms. The Labute approximate surface area is 113 Å². The molecule has 0 saturated carbocycles. The molecule has 0 unspecified atom stereocenters. The zero-order valence-electron chi connectivity index (χ0n) is 10.00. The second-order valence-electron chi connectivity index (χ2n) is 3.57. The van der Waals surface area contributed by atoms with Gasteiger partial charge in [-0.15, -0.1) is 0 Å². The van der Waals surface area contributed by atoms with Gasteiger partial charge >= 0.3 is 5.97 Å². The average molecular weight is 287 g/mol. The van der Waals surface area contributed by atoms with Crippen molar-refractivity contribution in [3.05, 3.63) is 38.9 Å². The molecule has 1 aromatic carbocycles. The molecule has 0 atom stereocenters. The summed E-state index contributed by atoms with van der Waals surface area (Å²) in [4.78, 5) is 21.5. The first-order chi connectivity index (χ1) is 8.99. The minimum Gasteiger partial charge on any atom is -0.464 e. The van der Waals surface area contributed by atoms with Crippen LogP contribution in [0.5, 0.6) is 0 Å². The van der Waals surface area contributed by atoms with Crippen LogP contribution in [0, 0.1) is 10.1 Å². The van der Waals surface area contributed by atoms with Crippen molar-refractivity contribution in [2.45, 2.75) is 12.8 Å². The minimum atomic E-state index is -0.779. The predicted molar refractivity (Wildman–Crippen MR) is 67.7 cm³/mol. The number of aryl methyl sites for hydroxylation is 1. The Hall–Kier alpha value is -2.15. The number of rotatable bonds is 5. The molecular formula is C11H11ClN2O5. The lowest BCUT2D eigenvalue weighted by molar-refractivity contribution is -0.385. The van der Waals surface area contributed by atoms with Gasteiger partial charge in [0.2, 0.25) is 0 Å². The van der Waals surface area contributed by atoms with Gasteiger partial charge in [-0.25, -0.2) is 4.79 Å². The van der Waals surface area contributed by atoms with Crippen LogP contribution >= 0.6 is 11.6 Å². The van der Waals surface area contributed by atoms with E-state index < -0.39 is 10.9 Å². The van der Waals surface area contributed by atoms with Crippen molar-refractivity contribution < 1.29 is 19.7 Å². The van der Waals surface area contributed by atoms with E-state index in [1.165, 1.54) is 18.2 Å². The number of hydrogen-bond donors (Lipinski definition) is 1. The first kappa shape index (κ1) is 14.9. The number of nitro groups is 1. The lowest BCUT2D eigenvalue weighted by atomic mass is 10.1. The van der Waals surface area contributed by atoms with Crippen LogP contribution in [-0.4, -0.2) is 28.9 Å². The molecule has 0 fully saturated rings. The lowest BCUT2D eigenvalue weighted by Crippen LogP contribution is -2.16. The van der Waals surface area contributed by atoms with Crippen LogP contribution in [0.3, 0.4) is 0 Å². The van der Waals surface area contributed by atoms with Crippen molar-refractivity contribution in [3.63, 3.8) is 0 Å². The van der Waals surface area contributed by atoms with Gasteiger partial charge in [-0.05, 0) is 12.5 Å². The fourth-order valence-corrected chi connectivity index (χ4v) is 1.65. The van der Waals surface area contributed by atoms with Crippen LogP contribution in [0.4, 0.5) is 5.69 Å². The number of hydrogen-bond acceptors (Lipinski definition) is 6. The molecule has 0 bridgehead atoms. The molecule has 0 aliphatic rings. The monoisotopic (exact) mass is 286 g/mol. The molecule has 0 amide bonds. The second-order valence-corrected chi connectivity index (χ2v) is 4.00. The Balaban J connectivity index is 2.89. The van der Waals surface area contributed by atoms with Gasteiger partial charge < -0.3 is 9.94 Å². The number of nitrogens with zero attached hydrogens (tertiary/aromatic N) is 2. The molecule has 0 radical (unpaired) electrons. The third kappa shape index (κ3) is 3.92. The molecule has 102 valence electrons. The number of halogens is 1. The SMILES string of the molecule is COC(=O)C(CCc1ccc(Cl)cc1[N+](=O)[O-])=NO. The normalized spacial score (nSPS) is 11.2. The quantitative estimate of drug-likeness (QED) is 0.294. The Morgan fingerprint density at radius 2 is 2.26 bits per heavy atom. The van der Waals surface area contributed by atoms with Crippen molar-refractivity contribution >= 4 is 29.0 Å². The van der Waals surface area contributed by atoms with Gasteiger partial charge in [0, 0.05) is 23.1 Å². The van der Waals surface area contributed by atoms with Gasteiger partial charge in [0.25, 0.3) is 5.69 Å². The van der Waals surface area contributed by atoms with E-state index in [-0.39, 0.29) is 29.3 Å². The van der Waals surface area contributed by atoms with Crippen molar-refractivity contribution in [3.8, 4) is 0 Å². The summed E-state index contributed by atoms with van der Waals surface area (Å²) < 4.78 is 4.40. The second kappa shape index (κ2) is 6.69. The van der Waals surface area contributed by atoms with E-state index in [0.29, 0.717) is 5.56 Å². The summed E-state index contributed by atoms with van der Waals surface area (Å²) in [5, 5.41) is 22.6. The summed E-state index contributed by atoms with van der Waals surface area (Å²) in [5.41, 5.74) is 0.0425. The van der Waals surface area contributed by atoms with E-state index in [0.717, 1.165) is 7.11 Å². The molecule has 0 aromatic heterocycles. The van der Waals surface area contributed by atoms with E-state index in [2.05, 4.69) is 9.89 Å². The summed E-state index contributed by atoms with van der Waals surface area (Å²) in [6.45, 7) is 0. The fourth-order valence-electron chi connectivity index (χ4n) is 1.48. The van der Waals surface area contributed by atoms with Gasteiger partial charge in [0.1, 0.15) is 0 Å². The van der Waals surface area contributed by atoms with Gasteiger partial charge in [0.15, 0.2) is 5.71 Å².